The van der Waals surface area contributed by atoms with Crippen LogP contribution in [0.25, 0.3) is 11.1 Å². The molecule has 1 amide bonds. The minimum Gasteiger partial charge on any atom is -0.497 e. The minimum atomic E-state index is -0.0852. The normalized spacial score (nSPS) is 13.8. The second-order valence-corrected chi connectivity index (χ2v) is 6.04. The highest BCUT2D eigenvalue weighted by molar-refractivity contribution is 5.95. The van der Waals surface area contributed by atoms with Crippen molar-refractivity contribution in [1.29, 1.82) is 0 Å². The third-order valence-electron chi connectivity index (χ3n) is 4.35. The van der Waals surface area contributed by atoms with E-state index in [9.17, 15) is 4.79 Å². The monoisotopic (exact) mass is 412 g/mol. The third kappa shape index (κ3) is 6.66. The van der Waals surface area contributed by atoms with Crippen molar-refractivity contribution in [3.63, 3.8) is 0 Å². The highest BCUT2D eigenvalue weighted by atomic mass is 35.5. The average Bonchev–Trinajstić information content (AvgIpc) is 2.69. The standard InChI is InChI=1S/C19H24N4O2.2ClH/c1-25-18-4-2-15(3-5-18)16-12-17(14-21-13-16)19(24)22-8-11-23-9-6-20-7-10-23;;/h2-5,12-14,20H,6-11H2,1H3,(H,22,24);2*1H. The summed E-state index contributed by atoms with van der Waals surface area (Å²) in [6.07, 6.45) is 3.37. The molecule has 1 aliphatic heterocycles. The Bertz CT molecular complexity index is 707. The summed E-state index contributed by atoms with van der Waals surface area (Å²) in [5, 5.41) is 6.31. The third-order valence-corrected chi connectivity index (χ3v) is 4.35. The number of pyridine rings is 1. The second kappa shape index (κ2) is 11.8. The van der Waals surface area contributed by atoms with Crippen LogP contribution in [0.3, 0.4) is 0 Å². The summed E-state index contributed by atoms with van der Waals surface area (Å²) >= 11 is 0. The molecule has 1 saturated heterocycles. The number of nitrogens with one attached hydrogen (secondary N) is 2. The van der Waals surface area contributed by atoms with Gasteiger partial charge in [0.25, 0.3) is 5.91 Å². The zero-order chi connectivity index (χ0) is 17.5. The molecule has 2 heterocycles. The van der Waals surface area contributed by atoms with E-state index in [4.69, 9.17) is 4.74 Å². The SMILES string of the molecule is COc1ccc(-c2cncc(C(=O)NCCN3CCNCC3)c2)cc1.Cl.Cl. The van der Waals surface area contributed by atoms with Crippen molar-refractivity contribution in [3.8, 4) is 16.9 Å². The van der Waals surface area contributed by atoms with E-state index in [2.05, 4.69) is 20.5 Å². The Hall–Kier alpha value is -1.86. The number of aromatic nitrogens is 1. The second-order valence-electron chi connectivity index (χ2n) is 6.04. The topological polar surface area (TPSA) is 66.5 Å². The Labute approximate surface area is 172 Å². The number of carbonyl (C=O) groups excluding carboxylic acids is 1. The Balaban J connectivity index is 0.00000182. The van der Waals surface area contributed by atoms with E-state index in [1.54, 1.807) is 19.5 Å². The number of ether oxygens (including phenoxy) is 1. The summed E-state index contributed by atoms with van der Waals surface area (Å²) in [4.78, 5) is 18.9. The lowest BCUT2D eigenvalue weighted by atomic mass is 10.1. The molecule has 2 N–H and O–H groups in total. The molecule has 0 aliphatic carbocycles. The van der Waals surface area contributed by atoms with Crippen molar-refractivity contribution in [2.45, 2.75) is 0 Å². The van der Waals surface area contributed by atoms with Crippen LogP contribution in [-0.4, -0.2) is 62.2 Å². The van der Waals surface area contributed by atoms with E-state index in [0.29, 0.717) is 12.1 Å². The molecule has 0 atom stereocenters. The molecule has 27 heavy (non-hydrogen) atoms. The zero-order valence-corrected chi connectivity index (χ0v) is 16.9. The Morgan fingerprint density at radius 3 is 2.52 bits per heavy atom. The fraction of sp³-hybridized carbons (Fsp3) is 0.368. The predicted molar refractivity (Wildman–Crippen MR) is 112 cm³/mol. The Morgan fingerprint density at radius 2 is 1.85 bits per heavy atom. The molecule has 0 saturated carbocycles. The number of carbonyl (C=O) groups is 1. The molecular formula is C19H26Cl2N4O2. The van der Waals surface area contributed by atoms with Crippen molar-refractivity contribution in [2.24, 2.45) is 0 Å². The maximum Gasteiger partial charge on any atom is 0.252 e. The first-order valence-electron chi connectivity index (χ1n) is 8.57. The van der Waals surface area contributed by atoms with Crippen molar-refractivity contribution in [2.75, 3.05) is 46.4 Å². The van der Waals surface area contributed by atoms with Crippen LogP contribution < -0.4 is 15.4 Å². The van der Waals surface area contributed by atoms with Gasteiger partial charge in [0.15, 0.2) is 0 Å². The van der Waals surface area contributed by atoms with Crippen LogP contribution in [-0.2, 0) is 0 Å². The van der Waals surface area contributed by atoms with Crippen LogP contribution in [0.15, 0.2) is 42.7 Å². The van der Waals surface area contributed by atoms with Crippen molar-refractivity contribution < 1.29 is 9.53 Å². The number of hydrogen-bond acceptors (Lipinski definition) is 5. The first kappa shape index (κ1) is 23.2. The van der Waals surface area contributed by atoms with Gasteiger partial charge >= 0.3 is 0 Å². The van der Waals surface area contributed by atoms with Crippen LogP contribution in [0.2, 0.25) is 0 Å². The molecule has 0 radical (unpaired) electrons. The van der Waals surface area contributed by atoms with Gasteiger partial charge < -0.3 is 15.4 Å². The number of nitrogens with zero attached hydrogens (tertiary/aromatic N) is 2. The molecule has 1 aromatic heterocycles. The summed E-state index contributed by atoms with van der Waals surface area (Å²) in [5.74, 6) is 0.719. The summed E-state index contributed by atoms with van der Waals surface area (Å²) in [6.45, 7) is 5.61. The van der Waals surface area contributed by atoms with Gasteiger partial charge in [0, 0.05) is 57.2 Å². The average molecular weight is 413 g/mol. The molecule has 6 nitrogen and oxygen atoms in total. The van der Waals surface area contributed by atoms with Crippen LogP contribution in [0, 0.1) is 0 Å². The van der Waals surface area contributed by atoms with Gasteiger partial charge in [-0.2, -0.15) is 0 Å². The van der Waals surface area contributed by atoms with E-state index >= 15 is 0 Å². The smallest absolute Gasteiger partial charge is 0.252 e. The first-order valence-corrected chi connectivity index (χ1v) is 8.57. The summed E-state index contributed by atoms with van der Waals surface area (Å²) in [7, 11) is 1.64. The van der Waals surface area contributed by atoms with Gasteiger partial charge in [-0.3, -0.25) is 14.7 Å². The van der Waals surface area contributed by atoms with E-state index < -0.39 is 0 Å². The molecule has 8 heteroatoms. The molecule has 3 rings (SSSR count). The molecule has 2 aromatic rings. The fourth-order valence-electron chi connectivity index (χ4n) is 2.87. The summed E-state index contributed by atoms with van der Waals surface area (Å²) in [5.41, 5.74) is 2.50. The van der Waals surface area contributed by atoms with Crippen LogP contribution in [0.1, 0.15) is 10.4 Å². The van der Waals surface area contributed by atoms with Crippen molar-refractivity contribution in [1.82, 2.24) is 20.5 Å². The maximum atomic E-state index is 12.4. The highest BCUT2D eigenvalue weighted by Crippen LogP contribution is 2.22. The fourth-order valence-corrected chi connectivity index (χ4v) is 2.87. The number of benzene rings is 1. The molecule has 1 aromatic carbocycles. The number of amides is 1. The van der Waals surface area contributed by atoms with Gasteiger partial charge in [0.2, 0.25) is 0 Å². The summed E-state index contributed by atoms with van der Waals surface area (Å²) < 4.78 is 5.17. The molecule has 0 bridgehead atoms. The lowest BCUT2D eigenvalue weighted by molar-refractivity contribution is 0.0947. The number of methoxy groups -OCH3 is 1. The van der Waals surface area contributed by atoms with Gasteiger partial charge in [-0.1, -0.05) is 12.1 Å². The molecule has 0 spiro atoms. The van der Waals surface area contributed by atoms with Gasteiger partial charge in [0.05, 0.1) is 12.7 Å². The van der Waals surface area contributed by atoms with Crippen molar-refractivity contribution >= 4 is 30.7 Å². The van der Waals surface area contributed by atoms with E-state index in [-0.39, 0.29) is 30.7 Å². The van der Waals surface area contributed by atoms with E-state index in [1.165, 1.54) is 0 Å². The van der Waals surface area contributed by atoms with Gasteiger partial charge in [-0.05, 0) is 23.8 Å². The maximum absolute atomic E-state index is 12.4. The first-order chi connectivity index (χ1) is 12.3. The minimum absolute atomic E-state index is 0. The van der Waals surface area contributed by atoms with Crippen LogP contribution >= 0.6 is 24.8 Å². The van der Waals surface area contributed by atoms with Gasteiger partial charge in [-0.25, -0.2) is 0 Å². The predicted octanol–water partition coefficient (Wildman–Crippen LogP) is 2.24. The van der Waals surface area contributed by atoms with Crippen molar-refractivity contribution in [3.05, 3.63) is 48.3 Å². The Kier molecular flexibility index (Phi) is 10.1. The Morgan fingerprint density at radius 1 is 1.15 bits per heavy atom. The lowest BCUT2D eigenvalue weighted by Crippen LogP contribution is -2.46. The van der Waals surface area contributed by atoms with Gasteiger partial charge in [0.1, 0.15) is 5.75 Å². The number of piperazine rings is 1. The number of rotatable bonds is 6. The van der Waals surface area contributed by atoms with Crippen LogP contribution in [0.4, 0.5) is 0 Å². The number of hydrogen-bond donors (Lipinski definition) is 2. The van der Waals surface area contributed by atoms with E-state index in [1.807, 2.05) is 30.3 Å². The lowest BCUT2D eigenvalue weighted by Gasteiger charge is -2.27. The molecule has 0 unspecified atom stereocenters. The quantitative estimate of drug-likeness (QED) is 0.761. The molecule has 1 fully saturated rings. The van der Waals surface area contributed by atoms with Gasteiger partial charge in [-0.15, -0.1) is 24.8 Å². The largest absolute Gasteiger partial charge is 0.497 e. The highest BCUT2D eigenvalue weighted by Gasteiger charge is 2.11. The molecule has 1 aliphatic rings. The molecule has 148 valence electrons. The van der Waals surface area contributed by atoms with E-state index in [0.717, 1.165) is 49.6 Å². The summed E-state index contributed by atoms with van der Waals surface area (Å²) in [6, 6.07) is 9.59. The number of halogens is 2. The van der Waals surface area contributed by atoms with Crippen LogP contribution in [0.5, 0.6) is 5.75 Å². The zero-order valence-electron chi connectivity index (χ0n) is 15.3. The molecular weight excluding hydrogens is 387 g/mol.